The highest BCUT2D eigenvalue weighted by Crippen LogP contribution is 2.18. The lowest BCUT2D eigenvalue weighted by Gasteiger charge is -2.19. The summed E-state index contributed by atoms with van der Waals surface area (Å²) in [5.74, 6) is -1.31. The predicted octanol–water partition coefficient (Wildman–Crippen LogP) is 2.87. The second-order valence-corrected chi connectivity index (χ2v) is 7.61. The number of aryl methyl sites for hydroxylation is 1. The number of nitrogens with zero attached hydrogens (tertiary/aromatic N) is 1. The minimum absolute atomic E-state index is 0.0346. The molecule has 2 aromatic carbocycles. The zero-order valence-corrected chi connectivity index (χ0v) is 15.5. The normalized spacial score (nSPS) is 11.2. The third-order valence-electron chi connectivity index (χ3n) is 3.90. The Bertz CT molecular complexity index is 926. The molecular weight excluding hydrogens is 355 g/mol. The first-order valence-corrected chi connectivity index (χ1v) is 9.44. The number of carbonyl (C=O) groups excluding carboxylic acids is 1. The van der Waals surface area contributed by atoms with Crippen LogP contribution in [0.15, 0.2) is 60.0 Å². The summed E-state index contributed by atoms with van der Waals surface area (Å²) in [5.41, 5.74) is 2.12. The second kappa shape index (κ2) is 8.25. The van der Waals surface area contributed by atoms with Crippen LogP contribution >= 0.6 is 0 Å². The van der Waals surface area contributed by atoms with Gasteiger partial charge in [0.15, 0.2) is 0 Å². The van der Waals surface area contributed by atoms with Crippen LogP contribution in [-0.4, -0.2) is 32.8 Å². The number of hydrogen-bond acceptors (Lipinski definition) is 3. The Morgan fingerprint density at radius 3 is 2.62 bits per heavy atom. The van der Waals surface area contributed by atoms with Crippen molar-refractivity contribution in [1.29, 1.82) is 0 Å². The van der Waals surface area contributed by atoms with Gasteiger partial charge >= 0.3 is 0 Å². The quantitative estimate of drug-likeness (QED) is 0.756. The van der Waals surface area contributed by atoms with Gasteiger partial charge in [-0.25, -0.2) is 17.5 Å². The van der Waals surface area contributed by atoms with Crippen molar-refractivity contribution in [2.75, 3.05) is 13.6 Å². The summed E-state index contributed by atoms with van der Waals surface area (Å²) in [4.78, 5) is 13.5. The number of halogens is 1. The van der Waals surface area contributed by atoms with Gasteiger partial charge < -0.3 is 4.90 Å². The predicted molar refractivity (Wildman–Crippen MR) is 98.8 cm³/mol. The minimum Gasteiger partial charge on any atom is -0.337 e. The zero-order valence-electron chi connectivity index (χ0n) is 14.7. The van der Waals surface area contributed by atoms with E-state index in [9.17, 15) is 17.6 Å². The maximum absolute atomic E-state index is 14.0. The Labute approximate surface area is 153 Å². The van der Waals surface area contributed by atoms with Crippen molar-refractivity contribution < 1.29 is 17.6 Å². The molecule has 0 aliphatic rings. The van der Waals surface area contributed by atoms with Gasteiger partial charge in [0.05, 0.1) is 0 Å². The van der Waals surface area contributed by atoms with Crippen molar-refractivity contribution in [3.8, 4) is 0 Å². The lowest BCUT2D eigenvalue weighted by Crippen LogP contribution is -2.28. The first kappa shape index (κ1) is 19.8. The SMILES string of the molecule is C=CCNS(=O)(=O)c1cc(C(=O)N(C)Cc2ccccc2C)ccc1F. The van der Waals surface area contributed by atoms with Crippen LogP contribution in [0.4, 0.5) is 4.39 Å². The van der Waals surface area contributed by atoms with E-state index >= 15 is 0 Å². The Morgan fingerprint density at radius 2 is 1.96 bits per heavy atom. The fourth-order valence-electron chi connectivity index (χ4n) is 2.42. The van der Waals surface area contributed by atoms with E-state index in [4.69, 9.17) is 0 Å². The molecule has 0 fully saturated rings. The Kier molecular flexibility index (Phi) is 6.28. The van der Waals surface area contributed by atoms with E-state index in [0.717, 1.165) is 23.3 Å². The molecule has 0 aromatic heterocycles. The molecule has 0 saturated carbocycles. The van der Waals surface area contributed by atoms with Gasteiger partial charge in [0.2, 0.25) is 10.0 Å². The van der Waals surface area contributed by atoms with Crippen molar-refractivity contribution in [2.24, 2.45) is 0 Å². The molecule has 1 amide bonds. The van der Waals surface area contributed by atoms with E-state index in [-0.39, 0.29) is 12.1 Å². The topological polar surface area (TPSA) is 66.5 Å². The largest absolute Gasteiger partial charge is 0.337 e. The molecule has 0 heterocycles. The first-order valence-electron chi connectivity index (χ1n) is 7.96. The molecule has 0 radical (unpaired) electrons. The van der Waals surface area contributed by atoms with Crippen LogP contribution in [0.3, 0.4) is 0 Å². The van der Waals surface area contributed by atoms with Crippen molar-refractivity contribution in [3.05, 3.63) is 77.6 Å². The fourth-order valence-corrected chi connectivity index (χ4v) is 3.52. The molecule has 0 aliphatic heterocycles. The van der Waals surface area contributed by atoms with Crippen molar-refractivity contribution in [2.45, 2.75) is 18.4 Å². The van der Waals surface area contributed by atoms with Gasteiger partial charge in [-0.15, -0.1) is 6.58 Å². The van der Waals surface area contributed by atoms with Crippen LogP contribution < -0.4 is 4.72 Å². The highest BCUT2D eigenvalue weighted by molar-refractivity contribution is 7.89. The monoisotopic (exact) mass is 376 g/mol. The molecule has 0 bridgehead atoms. The van der Waals surface area contributed by atoms with Crippen LogP contribution in [0.25, 0.3) is 0 Å². The molecule has 0 spiro atoms. The lowest BCUT2D eigenvalue weighted by molar-refractivity contribution is 0.0784. The average Bonchev–Trinajstić information content (AvgIpc) is 2.61. The summed E-state index contributed by atoms with van der Waals surface area (Å²) in [7, 11) is -2.45. The lowest BCUT2D eigenvalue weighted by atomic mass is 10.1. The highest BCUT2D eigenvalue weighted by Gasteiger charge is 2.22. The maximum atomic E-state index is 14.0. The van der Waals surface area contributed by atoms with Gasteiger partial charge in [-0.2, -0.15) is 0 Å². The molecule has 0 atom stereocenters. The van der Waals surface area contributed by atoms with Gasteiger partial charge in [0.1, 0.15) is 10.7 Å². The number of sulfonamides is 1. The molecule has 0 aliphatic carbocycles. The Hall–Kier alpha value is -2.51. The number of amides is 1. The van der Waals surface area contributed by atoms with Crippen molar-refractivity contribution in [1.82, 2.24) is 9.62 Å². The molecule has 2 aromatic rings. The molecule has 26 heavy (non-hydrogen) atoms. The standard InChI is InChI=1S/C19H21FN2O3S/c1-4-11-21-26(24,25)18-12-15(9-10-17(18)20)19(23)22(3)13-16-8-6-5-7-14(16)2/h4-10,12,21H,1,11,13H2,2-3H3. The number of benzene rings is 2. The Balaban J connectivity index is 2.28. The third kappa shape index (κ3) is 4.56. The van der Waals surface area contributed by atoms with Gasteiger partial charge in [-0.05, 0) is 36.2 Å². The van der Waals surface area contributed by atoms with Crippen molar-refractivity contribution >= 4 is 15.9 Å². The Morgan fingerprint density at radius 1 is 1.27 bits per heavy atom. The number of hydrogen-bond donors (Lipinski definition) is 1. The molecule has 0 unspecified atom stereocenters. The van der Waals surface area contributed by atoms with Crippen molar-refractivity contribution in [3.63, 3.8) is 0 Å². The molecule has 0 saturated heterocycles. The van der Waals surface area contributed by atoms with E-state index in [1.54, 1.807) is 7.05 Å². The summed E-state index contributed by atoms with van der Waals surface area (Å²) in [6.45, 7) is 5.69. The molecule has 138 valence electrons. The zero-order chi connectivity index (χ0) is 19.3. The molecular formula is C19H21FN2O3S. The summed E-state index contributed by atoms with van der Waals surface area (Å²) >= 11 is 0. The molecule has 2 rings (SSSR count). The van der Waals surface area contributed by atoms with Gasteiger partial charge in [0, 0.05) is 25.7 Å². The maximum Gasteiger partial charge on any atom is 0.253 e. The second-order valence-electron chi connectivity index (χ2n) is 5.87. The van der Waals surface area contributed by atoms with Crippen LogP contribution in [0.1, 0.15) is 21.5 Å². The molecule has 7 heteroatoms. The summed E-state index contributed by atoms with van der Waals surface area (Å²) in [6, 6.07) is 11.0. The third-order valence-corrected chi connectivity index (χ3v) is 5.34. The van der Waals surface area contributed by atoms with E-state index < -0.39 is 26.6 Å². The number of carbonyl (C=O) groups is 1. The van der Waals surface area contributed by atoms with Gasteiger partial charge in [0.25, 0.3) is 5.91 Å². The summed E-state index contributed by atoms with van der Waals surface area (Å²) in [5, 5.41) is 0. The number of nitrogens with one attached hydrogen (secondary N) is 1. The summed E-state index contributed by atoms with van der Waals surface area (Å²) < 4.78 is 40.5. The fraction of sp³-hybridized carbons (Fsp3) is 0.211. The van der Waals surface area contributed by atoms with E-state index in [2.05, 4.69) is 11.3 Å². The smallest absolute Gasteiger partial charge is 0.253 e. The first-order chi connectivity index (χ1) is 12.3. The average molecular weight is 376 g/mol. The summed E-state index contributed by atoms with van der Waals surface area (Å²) in [6.07, 6.45) is 1.35. The van der Waals surface area contributed by atoms with Gasteiger partial charge in [-0.1, -0.05) is 30.3 Å². The highest BCUT2D eigenvalue weighted by atomic mass is 32.2. The van der Waals surface area contributed by atoms with E-state index in [0.29, 0.717) is 6.54 Å². The number of rotatable bonds is 7. The van der Waals surface area contributed by atoms with Crippen LogP contribution in [-0.2, 0) is 16.6 Å². The minimum atomic E-state index is -4.07. The molecule has 1 N–H and O–H groups in total. The van der Waals surface area contributed by atoms with Gasteiger partial charge in [-0.3, -0.25) is 4.79 Å². The van der Waals surface area contributed by atoms with E-state index in [1.807, 2.05) is 31.2 Å². The van der Waals surface area contributed by atoms with Crippen LogP contribution in [0, 0.1) is 12.7 Å². The van der Waals surface area contributed by atoms with Crippen LogP contribution in [0.5, 0.6) is 0 Å². The van der Waals surface area contributed by atoms with Crippen LogP contribution in [0.2, 0.25) is 0 Å². The van der Waals surface area contributed by atoms with E-state index in [1.165, 1.54) is 17.0 Å². The molecule has 5 nitrogen and oxygen atoms in total.